The molecule has 2 aromatic rings. The predicted molar refractivity (Wildman–Crippen MR) is 135 cm³/mol. The van der Waals surface area contributed by atoms with Gasteiger partial charge in [0.05, 0.1) is 0 Å². The number of aromatic hydroxyl groups is 1. The molecule has 186 valence electrons. The average Bonchev–Trinajstić information content (AvgIpc) is 3.09. The lowest BCUT2D eigenvalue weighted by molar-refractivity contribution is -0.146. The van der Waals surface area contributed by atoms with Crippen LogP contribution in [0.3, 0.4) is 0 Å². The molecule has 0 bridgehead atoms. The van der Waals surface area contributed by atoms with Crippen LogP contribution in [0, 0.1) is 6.92 Å². The van der Waals surface area contributed by atoms with Gasteiger partial charge in [-0.15, -0.1) is 0 Å². The van der Waals surface area contributed by atoms with Crippen molar-refractivity contribution < 1.29 is 24.3 Å². The Morgan fingerprint density at radius 1 is 1.22 bits per heavy atom. The van der Waals surface area contributed by atoms with E-state index in [4.69, 9.17) is 11.6 Å². The number of allylic oxidation sites excluding steroid dienone is 1. The molecule has 0 saturated carbocycles. The lowest BCUT2D eigenvalue weighted by Crippen LogP contribution is -2.52. The Balaban J connectivity index is 1.39. The maximum Gasteiger partial charge on any atom is 0.278 e. The summed E-state index contributed by atoms with van der Waals surface area (Å²) >= 11 is 6.14. The monoisotopic (exact) mass is 507 g/mol. The van der Waals surface area contributed by atoms with Crippen molar-refractivity contribution in [2.75, 3.05) is 5.32 Å². The molecular weight excluding hydrogens is 482 g/mol. The Kier molecular flexibility index (Phi) is 7.26. The summed E-state index contributed by atoms with van der Waals surface area (Å²) in [7, 11) is 0. The lowest BCUT2D eigenvalue weighted by atomic mass is 10.0. The van der Waals surface area contributed by atoms with E-state index in [0.717, 1.165) is 22.1 Å². The summed E-state index contributed by atoms with van der Waals surface area (Å²) in [6.45, 7) is 5.60. The van der Waals surface area contributed by atoms with Gasteiger partial charge < -0.3 is 15.7 Å². The number of amides is 3. The quantitative estimate of drug-likeness (QED) is 0.372. The van der Waals surface area contributed by atoms with Crippen molar-refractivity contribution in [3.05, 3.63) is 82.2 Å². The van der Waals surface area contributed by atoms with Gasteiger partial charge in [-0.3, -0.25) is 24.1 Å². The zero-order valence-corrected chi connectivity index (χ0v) is 20.5. The Bertz CT molecular complexity index is 1320. The fourth-order valence-electron chi connectivity index (χ4n) is 4.23. The number of halogens is 1. The number of aryl methyl sites for hydroxylation is 2. The van der Waals surface area contributed by atoms with Crippen molar-refractivity contribution in [3.8, 4) is 5.75 Å². The molecule has 36 heavy (non-hydrogen) atoms. The first-order chi connectivity index (χ1) is 17.1. The van der Waals surface area contributed by atoms with Gasteiger partial charge in [-0.2, -0.15) is 0 Å². The number of carbonyl (C=O) groups excluding carboxylic acids is 4. The van der Waals surface area contributed by atoms with Crippen LogP contribution in [-0.4, -0.2) is 39.6 Å². The number of anilines is 1. The number of phenols is 1. The molecule has 3 N–H and O–H groups in total. The van der Waals surface area contributed by atoms with Crippen LogP contribution in [0.15, 0.2) is 60.4 Å². The maximum atomic E-state index is 12.9. The van der Waals surface area contributed by atoms with Crippen LogP contribution in [-0.2, 0) is 32.0 Å². The molecule has 2 aliphatic rings. The van der Waals surface area contributed by atoms with Crippen LogP contribution in [0.4, 0.5) is 5.69 Å². The maximum absolute atomic E-state index is 12.9. The fraction of sp³-hybridized carbons (Fsp3) is 0.259. The third-order valence-electron chi connectivity index (χ3n) is 6.26. The molecule has 2 aliphatic heterocycles. The largest absolute Gasteiger partial charge is 0.508 e. The number of phenolic OH excluding ortho intramolecular Hbond substituents is 1. The highest BCUT2D eigenvalue weighted by atomic mass is 35.5. The topological polar surface area (TPSA) is 116 Å². The van der Waals surface area contributed by atoms with E-state index in [-0.39, 0.29) is 30.1 Å². The van der Waals surface area contributed by atoms with Crippen molar-refractivity contribution in [2.45, 2.75) is 45.1 Å². The van der Waals surface area contributed by atoms with Gasteiger partial charge in [-0.05, 0) is 67.1 Å². The summed E-state index contributed by atoms with van der Waals surface area (Å²) in [6, 6.07) is 9.27. The first kappa shape index (κ1) is 25.2. The molecule has 0 aliphatic carbocycles. The number of imide groups is 1. The Labute approximate surface area is 213 Å². The van der Waals surface area contributed by atoms with E-state index in [1.165, 1.54) is 6.07 Å². The van der Waals surface area contributed by atoms with E-state index >= 15 is 0 Å². The van der Waals surface area contributed by atoms with Crippen LogP contribution < -0.4 is 10.6 Å². The van der Waals surface area contributed by atoms with Crippen molar-refractivity contribution in [1.82, 2.24) is 10.2 Å². The standard InChI is InChI=1S/C27H26ClN3O5/c1-15-3-5-17(12-21(15)28)11-20(32)8-6-18-13-19(7-10-24(18)33)30-22-14-25(34)31(27(22)36)23-9-4-16(2)29-26(23)35/h3,5,7,10,12-14,23,30,33H,2,4,6,8-9,11H2,1H3,(H,29,35). The first-order valence-electron chi connectivity index (χ1n) is 11.6. The average molecular weight is 508 g/mol. The zero-order chi connectivity index (χ0) is 26.0. The van der Waals surface area contributed by atoms with Gasteiger partial charge in [0.15, 0.2) is 0 Å². The third-order valence-corrected chi connectivity index (χ3v) is 6.66. The van der Waals surface area contributed by atoms with E-state index in [2.05, 4.69) is 17.2 Å². The number of hydrogen-bond acceptors (Lipinski definition) is 6. The predicted octanol–water partition coefficient (Wildman–Crippen LogP) is 3.56. The second kappa shape index (κ2) is 10.4. The highest BCUT2D eigenvalue weighted by Crippen LogP contribution is 2.27. The summed E-state index contributed by atoms with van der Waals surface area (Å²) in [4.78, 5) is 51.1. The molecule has 1 atom stereocenters. The lowest BCUT2D eigenvalue weighted by Gasteiger charge is -2.29. The SMILES string of the molecule is C=C1CCC(N2C(=O)C=C(Nc3ccc(O)c(CCC(=O)Cc4ccc(C)c(Cl)c4)c3)C2=O)C(=O)N1. The van der Waals surface area contributed by atoms with Crippen LogP contribution >= 0.6 is 11.6 Å². The van der Waals surface area contributed by atoms with Crippen LogP contribution in [0.5, 0.6) is 5.75 Å². The van der Waals surface area contributed by atoms with Crippen LogP contribution in [0.25, 0.3) is 0 Å². The highest BCUT2D eigenvalue weighted by molar-refractivity contribution is 6.31. The van der Waals surface area contributed by atoms with Gasteiger partial charge >= 0.3 is 0 Å². The number of rotatable bonds is 8. The van der Waals surface area contributed by atoms with Crippen molar-refractivity contribution in [3.63, 3.8) is 0 Å². The molecular formula is C27H26ClN3O5. The van der Waals surface area contributed by atoms with Gasteiger partial charge in [0, 0.05) is 35.3 Å². The number of carbonyl (C=O) groups is 4. The molecule has 2 heterocycles. The van der Waals surface area contributed by atoms with E-state index in [0.29, 0.717) is 41.2 Å². The highest BCUT2D eigenvalue weighted by Gasteiger charge is 2.41. The summed E-state index contributed by atoms with van der Waals surface area (Å²) in [5.41, 5.74) is 3.34. The normalized spacial score (nSPS) is 17.8. The number of nitrogens with zero attached hydrogens (tertiary/aromatic N) is 1. The Hall–Kier alpha value is -3.91. The minimum atomic E-state index is -0.893. The van der Waals surface area contributed by atoms with Crippen molar-refractivity contribution in [1.29, 1.82) is 0 Å². The molecule has 4 rings (SSSR count). The Morgan fingerprint density at radius 2 is 2.00 bits per heavy atom. The number of hydrogen-bond donors (Lipinski definition) is 3. The molecule has 1 unspecified atom stereocenters. The molecule has 0 aromatic heterocycles. The molecule has 9 heteroatoms. The Morgan fingerprint density at radius 3 is 2.72 bits per heavy atom. The van der Waals surface area contributed by atoms with Gasteiger partial charge in [0.1, 0.15) is 23.3 Å². The van der Waals surface area contributed by atoms with Gasteiger partial charge in [0.2, 0.25) is 5.91 Å². The third kappa shape index (κ3) is 5.49. The molecule has 0 radical (unpaired) electrons. The van der Waals surface area contributed by atoms with E-state index < -0.39 is 23.8 Å². The van der Waals surface area contributed by atoms with Gasteiger partial charge in [0.25, 0.3) is 11.8 Å². The second-order valence-electron chi connectivity index (χ2n) is 8.99. The summed E-state index contributed by atoms with van der Waals surface area (Å²) in [6.07, 6.45) is 2.69. The summed E-state index contributed by atoms with van der Waals surface area (Å²) in [5, 5.41) is 16.4. The van der Waals surface area contributed by atoms with E-state index in [1.54, 1.807) is 18.2 Å². The molecule has 3 amide bonds. The van der Waals surface area contributed by atoms with Crippen molar-refractivity contribution >= 4 is 40.8 Å². The van der Waals surface area contributed by atoms with E-state index in [1.807, 2.05) is 19.1 Å². The number of piperidine rings is 1. The van der Waals surface area contributed by atoms with Crippen molar-refractivity contribution in [2.24, 2.45) is 0 Å². The number of benzene rings is 2. The molecule has 2 aromatic carbocycles. The molecule has 1 saturated heterocycles. The summed E-state index contributed by atoms with van der Waals surface area (Å²) < 4.78 is 0. The summed E-state index contributed by atoms with van der Waals surface area (Å²) in [5.74, 6) is -1.59. The van der Waals surface area contributed by atoms with E-state index in [9.17, 15) is 24.3 Å². The van der Waals surface area contributed by atoms with Gasteiger partial charge in [-0.1, -0.05) is 30.3 Å². The van der Waals surface area contributed by atoms with Crippen LogP contribution in [0.2, 0.25) is 5.02 Å². The fourth-order valence-corrected chi connectivity index (χ4v) is 4.44. The molecule has 1 fully saturated rings. The first-order valence-corrected chi connectivity index (χ1v) is 11.9. The zero-order valence-electron chi connectivity index (χ0n) is 19.8. The smallest absolute Gasteiger partial charge is 0.278 e. The molecule has 8 nitrogen and oxygen atoms in total. The molecule has 0 spiro atoms. The van der Waals surface area contributed by atoms with Gasteiger partial charge in [-0.25, -0.2) is 0 Å². The minimum absolute atomic E-state index is 0.00367. The second-order valence-corrected chi connectivity index (χ2v) is 9.39. The number of nitrogens with one attached hydrogen (secondary N) is 2. The number of ketones is 1. The minimum Gasteiger partial charge on any atom is -0.508 e. The van der Waals surface area contributed by atoms with Crippen LogP contribution in [0.1, 0.15) is 36.0 Å². The number of Topliss-reactive ketones (excluding diaryl/α,β-unsaturated/α-hetero) is 1.